The summed E-state index contributed by atoms with van der Waals surface area (Å²) in [5.74, 6) is -1.48. The topological polar surface area (TPSA) is 66.8 Å². The molecule has 0 radical (unpaired) electrons. The van der Waals surface area contributed by atoms with E-state index in [1.165, 1.54) is 19.5 Å². The molecule has 1 fully saturated rings. The van der Waals surface area contributed by atoms with Gasteiger partial charge in [-0.2, -0.15) is 0 Å². The van der Waals surface area contributed by atoms with Crippen molar-refractivity contribution in [2.75, 3.05) is 10.0 Å². The molecule has 1 saturated heterocycles. The van der Waals surface area contributed by atoms with Gasteiger partial charge in [0, 0.05) is 22.0 Å². The molecule has 5 heterocycles. The van der Waals surface area contributed by atoms with Crippen molar-refractivity contribution in [1.29, 1.82) is 0 Å². The zero-order chi connectivity index (χ0) is 19.3. The van der Waals surface area contributed by atoms with E-state index in [0.29, 0.717) is 22.4 Å². The number of nitrogens with zero attached hydrogens (tertiary/aromatic N) is 5. The van der Waals surface area contributed by atoms with Crippen LogP contribution in [0.2, 0.25) is 0 Å². The molecule has 0 saturated carbocycles. The van der Waals surface area contributed by atoms with Crippen LogP contribution in [-0.4, -0.2) is 16.8 Å². The Morgan fingerprint density at radius 3 is 1.59 bits per heavy atom. The third-order valence-corrected chi connectivity index (χ3v) is 5.45. The minimum atomic E-state index is -0.917. The number of para-hydroxylation sites is 2. The number of anilines is 2. The van der Waals surface area contributed by atoms with E-state index in [9.17, 15) is 9.59 Å². The van der Waals surface area contributed by atoms with Crippen molar-refractivity contribution >= 4 is 45.0 Å². The molecular weight excluding hydrogens is 374 g/mol. The van der Waals surface area contributed by atoms with E-state index in [4.69, 9.17) is 9.88 Å². The van der Waals surface area contributed by atoms with Crippen LogP contribution in [0.4, 0.5) is 11.4 Å². The molecule has 3 aliphatic heterocycles. The molecule has 3 aliphatic rings. The number of quaternary nitrogens is 1. The third kappa shape index (κ3) is 1.53. The normalized spacial score (nSPS) is 17.8. The summed E-state index contributed by atoms with van der Waals surface area (Å²) in [6.07, 6.45) is 3.44. The molecule has 4 aromatic rings. The number of carbonyl (C=O) groups excluding carboxylic acids is 2. The molecule has 29 heavy (non-hydrogen) atoms. The van der Waals surface area contributed by atoms with E-state index >= 15 is 0 Å². The van der Waals surface area contributed by atoms with Crippen molar-refractivity contribution in [2.24, 2.45) is 0 Å². The quantitative estimate of drug-likeness (QED) is 0.248. The lowest BCUT2D eigenvalue weighted by molar-refractivity contribution is -1.42. The molecule has 9 nitrogen and oxygen atoms in total. The van der Waals surface area contributed by atoms with Gasteiger partial charge in [-0.05, 0) is 46.4 Å². The number of hydrogen-bond acceptors (Lipinski definition) is 4. The summed E-state index contributed by atoms with van der Waals surface area (Å²) in [6.45, 7) is 0. The zero-order valence-corrected chi connectivity index (χ0v) is 14.8. The minimum absolute atomic E-state index is 0.516. The monoisotopic (exact) mass is 386 g/mol. The van der Waals surface area contributed by atoms with Gasteiger partial charge in [-0.1, -0.05) is 12.1 Å². The molecule has 0 unspecified atom stereocenters. The van der Waals surface area contributed by atoms with E-state index in [-0.39, 0.29) is 0 Å². The number of amides is 2. The molecule has 0 aliphatic carbocycles. The highest BCUT2D eigenvalue weighted by atomic mass is 17.2. The Bertz CT molecular complexity index is 1320. The highest BCUT2D eigenvalue weighted by Gasteiger charge is 2.78. The minimum Gasteiger partial charge on any atom is -0.257 e. The van der Waals surface area contributed by atoms with Gasteiger partial charge in [-0.15, -0.1) is 0 Å². The maximum atomic E-state index is 13.2. The van der Waals surface area contributed by atoms with Crippen LogP contribution < -0.4 is 29.4 Å². The first-order valence-corrected chi connectivity index (χ1v) is 9.05. The first-order valence-electron chi connectivity index (χ1n) is 9.05. The molecule has 7 rings (SSSR count). The van der Waals surface area contributed by atoms with Gasteiger partial charge in [-0.25, -0.2) is 0 Å². The van der Waals surface area contributed by atoms with Crippen LogP contribution in [0.25, 0.3) is 21.8 Å². The molecule has 2 amide bonds. The van der Waals surface area contributed by atoms with Gasteiger partial charge in [-0.3, -0.25) is 9.59 Å². The summed E-state index contributed by atoms with van der Waals surface area (Å²) >= 11 is 0. The number of aromatic nitrogens is 2. The fourth-order valence-corrected chi connectivity index (χ4v) is 4.30. The summed E-state index contributed by atoms with van der Waals surface area (Å²) in [5.41, 5.74) is 2.38. The summed E-state index contributed by atoms with van der Waals surface area (Å²) in [4.78, 5) is 38.7. The van der Waals surface area contributed by atoms with Gasteiger partial charge in [0.15, 0.2) is 11.4 Å². The Morgan fingerprint density at radius 2 is 1.10 bits per heavy atom. The Labute approximate surface area is 162 Å². The largest absolute Gasteiger partial charge is 0.381 e. The van der Waals surface area contributed by atoms with E-state index in [2.05, 4.69) is 0 Å². The average molecular weight is 386 g/mol. The molecule has 0 atom stereocenters. The summed E-state index contributed by atoms with van der Waals surface area (Å²) < 4.78 is 3.04. The predicted octanol–water partition coefficient (Wildman–Crippen LogP) is 0.309. The van der Waals surface area contributed by atoms with Gasteiger partial charge in [0.1, 0.15) is 0 Å². The Hall–Kier alpha value is -4.24. The third-order valence-electron chi connectivity index (χ3n) is 5.45. The van der Waals surface area contributed by atoms with E-state index in [1.54, 1.807) is 24.5 Å². The van der Waals surface area contributed by atoms with Crippen molar-refractivity contribution in [1.82, 2.24) is 0 Å². The maximum Gasteiger partial charge on any atom is 0.381 e. The first-order chi connectivity index (χ1) is 14.2. The standard InChI is InChI=1S/C20H12N5O4/c26-19-20(27)24-16-10-2-6-14-8-4-12-22(18(14)16)29-25(24)23(19)15-9-1-5-13-7-3-11-21(28-25)17(13)15/h1-12H/q+3. The van der Waals surface area contributed by atoms with Crippen LogP contribution in [0.15, 0.2) is 73.1 Å². The van der Waals surface area contributed by atoms with Gasteiger partial charge < -0.3 is 0 Å². The van der Waals surface area contributed by atoms with Crippen molar-refractivity contribution in [3.05, 3.63) is 73.1 Å². The SMILES string of the molecule is O=C1C(=O)N2c3cccc4ccc[n+](c34)O[N+]23O[n+]2cccc4cccc(c42)N13. The van der Waals surface area contributed by atoms with Crippen LogP contribution in [-0.2, 0) is 9.59 Å². The van der Waals surface area contributed by atoms with Gasteiger partial charge in [0.05, 0.1) is 20.2 Å². The van der Waals surface area contributed by atoms with Crippen molar-refractivity contribution < 1.29 is 34.0 Å². The molecule has 138 valence electrons. The van der Waals surface area contributed by atoms with E-state index < -0.39 is 16.8 Å². The van der Waals surface area contributed by atoms with Gasteiger partial charge in [0.2, 0.25) is 12.4 Å². The smallest absolute Gasteiger partial charge is 0.257 e. The van der Waals surface area contributed by atoms with Crippen molar-refractivity contribution in [3.8, 4) is 0 Å². The summed E-state index contributed by atoms with van der Waals surface area (Å²) in [5, 5.41) is 3.28. The second-order valence-electron chi connectivity index (χ2n) is 6.99. The molecule has 0 N–H and O–H groups in total. The van der Waals surface area contributed by atoms with Crippen molar-refractivity contribution in [2.45, 2.75) is 0 Å². The lowest BCUT2D eigenvalue weighted by atomic mass is 10.2. The molecule has 2 aromatic heterocycles. The Kier molecular flexibility index (Phi) is 2.34. The Balaban J connectivity index is 1.59. The number of hydrogen-bond donors (Lipinski definition) is 0. The van der Waals surface area contributed by atoms with Crippen LogP contribution in [0.3, 0.4) is 0 Å². The van der Waals surface area contributed by atoms with Crippen LogP contribution in [0.1, 0.15) is 0 Å². The molecular formula is C20H12N5O4+3. The van der Waals surface area contributed by atoms with E-state index in [0.717, 1.165) is 10.8 Å². The Morgan fingerprint density at radius 1 is 0.655 bits per heavy atom. The van der Waals surface area contributed by atoms with Crippen molar-refractivity contribution in [3.63, 3.8) is 0 Å². The van der Waals surface area contributed by atoms with Crippen LogP contribution >= 0.6 is 0 Å². The highest BCUT2D eigenvalue weighted by Crippen LogP contribution is 2.41. The van der Waals surface area contributed by atoms with Gasteiger partial charge in [0.25, 0.3) is 0 Å². The second-order valence-corrected chi connectivity index (χ2v) is 6.99. The zero-order valence-electron chi connectivity index (χ0n) is 14.8. The summed E-state index contributed by atoms with van der Waals surface area (Å²) in [7, 11) is 0. The van der Waals surface area contributed by atoms with Crippen LogP contribution in [0, 0.1) is 0 Å². The molecule has 2 aromatic carbocycles. The fraction of sp³-hybridized carbons (Fsp3) is 0. The lowest BCUT2D eigenvalue weighted by Gasteiger charge is -2.31. The molecule has 1 spiro atoms. The second kappa shape index (κ2) is 4.59. The number of rotatable bonds is 0. The molecule has 9 heteroatoms. The summed E-state index contributed by atoms with van der Waals surface area (Å²) in [6, 6.07) is 18.5. The van der Waals surface area contributed by atoms with E-state index in [1.807, 2.05) is 48.5 Å². The van der Waals surface area contributed by atoms with Gasteiger partial charge >= 0.3 is 27.9 Å². The predicted molar refractivity (Wildman–Crippen MR) is 96.7 cm³/mol. The number of pyridine rings is 2. The number of carbonyl (C=O) groups is 2. The lowest BCUT2D eigenvalue weighted by Crippen LogP contribution is -2.84. The molecule has 0 bridgehead atoms. The van der Waals surface area contributed by atoms with Crippen LogP contribution in [0.5, 0.6) is 0 Å². The average Bonchev–Trinajstić information content (AvgIpc) is 2.96. The first kappa shape index (κ1) is 14.8. The fourth-order valence-electron chi connectivity index (χ4n) is 4.30. The number of fused-ring (bicyclic) bond motifs is 2. The maximum absolute atomic E-state index is 13.2. The number of benzene rings is 2. The highest BCUT2D eigenvalue weighted by molar-refractivity contribution is 6.46.